The number of hydrogen-bond acceptors (Lipinski definition) is 10. The van der Waals surface area contributed by atoms with E-state index in [1.807, 2.05) is 18.2 Å². The van der Waals surface area contributed by atoms with Gasteiger partial charge in [-0.15, -0.1) is 0 Å². The summed E-state index contributed by atoms with van der Waals surface area (Å²) in [6.07, 6.45) is 1.75. The topological polar surface area (TPSA) is 152 Å². The number of imide groups is 1. The summed E-state index contributed by atoms with van der Waals surface area (Å²) < 4.78 is 64.2. The van der Waals surface area contributed by atoms with Crippen molar-refractivity contribution in [3.05, 3.63) is 76.5 Å². The summed E-state index contributed by atoms with van der Waals surface area (Å²) in [6.45, 7) is 4.28. The van der Waals surface area contributed by atoms with Crippen molar-refractivity contribution in [2.24, 2.45) is 7.05 Å². The van der Waals surface area contributed by atoms with E-state index >= 15 is 4.39 Å². The molecule has 18 heteroatoms. The van der Waals surface area contributed by atoms with Crippen molar-refractivity contribution < 1.29 is 37.0 Å². The number of fused-ring (bicyclic) bond motifs is 2. The molecule has 3 fully saturated rings. The summed E-state index contributed by atoms with van der Waals surface area (Å²) in [5.74, 6) is -0.648. The molecule has 1 saturated carbocycles. The van der Waals surface area contributed by atoms with Crippen LogP contribution in [0.5, 0.6) is 0 Å². The molecule has 8 rings (SSSR count). The van der Waals surface area contributed by atoms with Crippen LogP contribution < -0.4 is 16.3 Å². The Bertz CT molecular complexity index is 2450. The number of aromatic nitrogens is 5. The quantitative estimate of drug-likeness (QED) is 0.0643. The molecule has 1 aliphatic carbocycles. The summed E-state index contributed by atoms with van der Waals surface area (Å²) >= 11 is 0. The highest BCUT2D eigenvalue weighted by Gasteiger charge is 2.32. The fraction of sp³-hybridized carbons (Fsp3) is 0.533. The maximum absolute atomic E-state index is 15.0. The van der Waals surface area contributed by atoms with Crippen LogP contribution in [-0.2, 0) is 34.3 Å². The maximum atomic E-state index is 15.0. The molecule has 0 radical (unpaired) electrons. The number of imidazole rings is 1. The third-order valence-corrected chi connectivity index (χ3v) is 12.6. The van der Waals surface area contributed by atoms with E-state index in [1.165, 1.54) is 9.13 Å². The normalized spacial score (nSPS) is 21.0. The molecule has 63 heavy (non-hydrogen) atoms. The number of ether oxygens (including phenoxy) is 1. The Hall–Kier alpha value is -5.17. The van der Waals surface area contributed by atoms with Gasteiger partial charge in [0.1, 0.15) is 17.9 Å². The number of anilines is 1. The lowest BCUT2D eigenvalue weighted by Gasteiger charge is -2.35. The van der Waals surface area contributed by atoms with Crippen LogP contribution in [0.1, 0.15) is 74.6 Å². The third-order valence-electron chi connectivity index (χ3n) is 12.6. The van der Waals surface area contributed by atoms with E-state index < -0.39 is 30.7 Å². The number of hydrogen-bond donors (Lipinski definition) is 3. The van der Waals surface area contributed by atoms with Crippen molar-refractivity contribution in [3.63, 3.8) is 0 Å². The van der Waals surface area contributed by atoms with Gasteiger partial charge in [0.05, 0.1) is 30.2 Å². The van der Waals surface area contributed by atoms with E-state index in [0.29, 0.717) is 55.5 Å². The minimum absolute atomic E-state index is 0.0174. The first-order valence-electron chi connectivity index (χ1n) is 22.0. The molecule has 2 saturated heterocycles. The minimum Gasteiger partial charge on any atom is -0.393 e. The van der Waals surface area contributed by atoms with Crippen LogP contribution in [0.4, 0.5) is 23.5 Å². The van der Waals surface area contributed by atoms with Crippen LogP contribution in [-0.4, -0.2) is 121 Å². The molecular weight excluding hydrogens is 823 g/mol. The molecule has 1 unspecified atom stereocenters. The van der Waals surface area contributed by atoms with E-state index in [2.05, 4.69) is 65.4 Å². The number of aliphatic hydroxyl groups excluding tert-OH is 1. The lowest BCUT2D eigenvalue weighted by atomic mass is 9.93. The Morgan fingerprint density at radius 2 is 1.68 bits per heavy atom. The van der Waals surface area contributed by atoms with Gasteiger partial charge in [0, 0.05) is 95.3 Å². The number of alkyl halides is 4. The van der Waals surface area contributed by atoms with Gasteiger partial charge in [-0.2, -0.15) is 18.2 Å². The minimum atomic E-state index is -4.28. The zero-order chi connectivity index (χ0) is 44.3. The monoisotopic (exact) mass is 877 g/mol. The van der Waals surface area contributed by atoms with Crippen molar-refractivity contribution in [3.8, 4) is 11.1 Å². The molecular formula is C45H55F4N9O5. The molecule has 3 N–H and O–H groups in total. The first kappa shape index (κ1) is 44.4. The lowest BCUT2D eigenvalue weighted by molar-refractivity contribution is -0.136. The number of aliphatic hydroxyl groups is 1. The van der Waals surface area contributed by atoms with E-state index in [4.69, 9.17) is 4.74 Å². The molecule has 2 amide bonds. The molecule has 0 spiro atoms. The molecule has 14 nitrogen and oxygen atoms in total. The van der Waals surface area contributed by atoms with Gasteiger partial charge in [0.2, 0.25) is 17.8 Å². The summed E-state index contributed by atoms with van der Waals surface area (Å²) in [6, 6.07) is 13.4. The molecule has 5 aromatic rings. The van der Waals surface area contributed by atoms with E-state index in [1.54, 1.807) is 13.2 Å². The molecule has 2 aliphatic heterocycles. The number of halogens is 4. The largest absolute Gasteiger partial charge is 0.393 e. The summed E-state index contributed by atoms with van der Waals surface area (Å²) in [5.41, 5.74) is 5.76. The third kappa shape index (κ3) is 10.6. The van der Waals surface area contributed by atoms with Crippen molar-refractivity contribution >= 4 is 39.8 Å². The van der Waals surface area contributed by atoms with Gasteiger partial charge in [0.15, 0.2) is 0 Å². The Balaban J connectivity index is 0.784. The van der Waals surface area contributed by atoms with Crippen molar-refractivity contribution in [2.45, 2.75) is 94.9 Å². The van der Waals surface area contributed by atoms with Gasteiger partial charge in [-0.3, -0.25) is 33.8 Å². The second-order valence-corrected chi connectivity index (χ2v) is 17.2. The summed E-state index contributed by atoms with van der Waals surface area (Å²) in [5, 5.41) is 16.0. The number of piperidine rings is 1. The summed E-state index contributed by atoms with van der Waals surface area (Å²) in [7, 11) is 1.67. The van der Waals surface area contributed by atoms with Crippen LogP contribution in [0.2, 0.25) is 0 Å². The number of carbonyl (C=O) groups is 2. The molecule has 2 aromatic carbocycles. The molecule has 338 valence electrons. The van der Waals surface area contributed by atoms with E-state index in [0.717, 1.165) is 73.2 Å². The second kappa shape index (κ2) is 19.3. The highest BCUT2D eigenvalue weighted by molar-refractivity contribution is 6.00. The number of amides is 2. The number of aryl methyl sites for hydroxylation is 2. The number of carbonyl (C=O) groups excluding carboxylic acids is 2. The van der Waals surface area contributed by atoms with Crippen LogP contribution >= 0.6 is 0 Å². The van der Waals surface area contributed by atoms with E-state index in [9.17, 15) is 32.7 Å². The van der Waals surface area contributed by atoms with Crippen molar-refractivity contribution in [1.29, 1.82) is 0 Å². The Kier molecular flexibility index (Phi) is 13.6. The van der Waals surface area contributed by atoms with Gasteiger partial charge in [0.25, 0.3) is 0 Å². The first-order valence-corrected chi connectivity index (χ1v) is 22.0. The second-order valence-electron chi connectivity index (χ2n) is 17.2. The highest BCUT2D eigenvalue weighted by atomic mass is 19.4. The Morgan fingerprint density at radius 3 is 2.41 bits per heavy atom. The van der Waals surface area contributed by atoms with E-state index in [-0.39, 0.29) is 55.7 Å². The number of piperazine rings is 1. The average molecular weight is 878 g/mol. The number of nitrogens with one attached hydrogen (secondary N) is 2. The predicted octanol–water partition coefficient (Wildman–Crippen LogP) is 5.67. The molecule has 0 bridgehead atoms. The predicted molar refractivity (Wildman–Crippen MR) is 230 cm³/mol. The standard InChI is InChI=1S/C45H55F4N9O5/c1-54-39-23-29(6-13-37(39)58(44(54)62)38-14-15-40(60)52-42(38)61)3-2-22-63-28-32(46)26-56-20-18-55(19-21-56)25-30-4-7-31(8-5-30)36-27-57(33-9-11-34(59)12-10-33)41-35(36)24-51-43(53-41)50-17-16-45(47,48)49/h4-8,13,23-24,27,32-34,38,59H,2-3,9-12,14-22,25-26,28H2,1H3,(H,50,51,53)(H,52,60,61)/t32?,33?,34?,38-/m0/s1. The van der Waals surface area contributed by atoms with Crippen molar-refractivity contribution in [2.75, 3.05) is 57.8 Å². The fourth-order valence-electron chi connectivity index (χ4n) is 9.17. The number of rotatable bonds is 16. The SMILES string of the molecule is Cn1c(=O)n([C@H]2CCC(=O)NC2=O)c2ccc(CCCOCC(F)CN3CCN(Cc4ccc(-c5cn(C6CCC(O)CC6)c6nc(NCCC(F)(F)F)ncc56)cc4)CC3)cc21. The van der Waals surface area contributed by atoms with Gasteiger partial charge < -0.3 is 19.7 Å². The van der Waals surface area contributed by atoms with Gasteiger partial charge >= 0.3 is 11.9 Å². The smallest absolute Gasteiger partial charge is 0.390 e. The lowest BCUT2D eigenvalue weighted by Crippen LogP contribution is -2.48. The van der Waals surface area contributed by atoms with Gasteiger partial charge in [-0.25, -0.2) is 14.2 Å². The van der Waals surface area contributed by atoms with Gasteiger partial charge in [-0.1, -0.05) is 30.3 Å². The molecule has 3 aromatic heterocycles. The maximum Gasteiger partial charge on any atom is 0.390 e. The number of benzene rings is 2. The molecule has 2 atom stereocenters. The first-order chi connectivity index (χ1) is 30.3. The Labute approximate surface area is 362 Å². The Morgan fingerprint density at radius 1 is 0.952 bits per heavy atom. The van der Waals surface area contributed by atoms with Crippen LogP contribution in [0.15, 0.2) is 59.7 Å². The highest BCUT2D eigenvalue weighted by Crippen LogP contribution is 2.37. The van der Waals surface area contributed by atoms with Crippen LogP contribution in [0.3, 0.4) is 0 Å². The number of nitrogens with zero attached hydrogens (tertiary/aromatic N) is 7. The zero-order valence-corrected chi connectivity index (χ0v) is 35.5. The van der Waals surface area contributed by atoms with Gasteiger partial charge in [-0.05, 0) is 73.8 Å². The average Bonchev–Trinajstić information content (AvgIpc) is 3.75. The fourth-order valence-corrected chi connectivity index (χ4v) is 9.17. The van der Waals surface area contributed by atoms with Crippen molar-refractivity contribution in [1.82, 2.24) is 38.8 Å². The zero-order valence-electron chi connectivity index (χ0n) is 35.5. The van der Waals surface area contributed by atoms with Crippen LogP contribution in [0.25, 0.3) is 33.2 Å². The van der Waals surface area contributed by atoms with Crippen LogP contribution in [0, 0.1) is 0 Å². The summed E-state index contributed by atoms with van der Waals surface area (Å²) in [4.78, 5) is 50.7. The molecule has 5 heterocycles. The molecule has 3 aliphatic rings.